The Kier molecular flexibility index (Phi) is 3.93. The first-order chi connectivity index (χ1) is 6.56. The van der Waals surface area contributed by atoms with Crippen molar-refractivity contribution in [1.29, 1.82) is 0 Å². The van der Waals surface area contributed by atoms with Crippen molar-refractivity contribution < 1.29 is 9.90 Å². The number of carboxylic acids is 1. The summed E-state index contributed by atoms with van der Waals surface area (Å²) in [5.41, 5.74) is 0. The van der Waals surface area contributed by atoms with Crippen LogP contribution >= 0.6 is 0 Å². The quantitative estimate of drug-likeness (QED) is 0.711. The third-order valence-corrected chi connectivity index (χ3v) is 2.99. The van der Waals surface area contributed by atoms with Crippen LogP contribution in [0.3, 0.4) is 0 Å². The number of hydrogen-bond acceptors (Lipinski definition) is 2. The Balaban J connectivity index is 2.58. The molecule has 1 N–H and O–H groups in total. The molecule has 0 aromatic rings. The molecule has 1 saturated carbocycles. The standard InChI is InChI=1S/C11H21NO2/c1-4-10(9-5-6-9)12(8(2)3)7-11(13)14/h8-10H,4-7H2,1-3H3,(H,13,14). The van der Waals surface area contributed by atoms with Gasteiger partial charge in [0, 0.05) is 12.1 Å². The van der Waals surface area contributed by atoms with Gasteiger partial charge in [-0.05, 0) is 39.0 Å². The molecule has 0 aromatic heterocycles. The van der Waals surface area contributed by atoms with Crippen LogP contribution < -0.4 is 0 Å². The minimum Gasteiger partial charge on any atom is -0.480 e. The summed E-state index contributed by atoms with van der Waals surface area (Å²) in [6.07, 6.45) is 3.62. The zero-order valence-corrected chi connectivity index (χ0v) is 9.36. The number of hydrogen-bond donors (Lipinski definition) is 1. The fraction of sp³-hybridized carbons (Fsp3) is 0.909. The Labute approximate surface area is 86.1 Å². The Morgan fingerprint density at radius 3 is 2.36 bits per heavy atom. The van der Waals surface area contributed by atoms with Gasteiger partial charge < -0.3 is 5.11 Å². The molecule has 14 heavy (non-hydrogen) atoms. The van der Waals surface area contributed by atoms with Gasteiger partial charge in [-0.25, -0.2) is 0 Å². The highest BCUT2D eigenvalue weighted by atomic mass is 16.4. The maximum absolute atomic E-state index is 10.7. The van der Waals surface area contributed by atoms with Crippen molar-refractivity contribution in [2.45, 2.75) is 52.1 Å². The van der Waals surface area contributed by atoms with Crippen LogP contribution in [0.4, 0.5) is 0 Å². The van der Waals surface area contributed by atoms with E-state index in [1.165, 1.54) is 12.8 Å². The summed E-state index contributed by atoms with van der Waals surface area (Å²) in [6, 6.07) is 0.808. The molecular formula is C11H21NO2. The van der Waals surface area contributed by atoms with Crippen molar-refractivity contribution >= 4 is 5.97 Å². The van der Waals surface area contributed by atoms with E-state index in [9.17, 15) is 4.79 Å². The predicted molar refractivity (Wildman–Crippen MR) is 56.3 cm³/mol. The van der Waals surface area contributed by atoms with Crippen molar-refractivity contribution in [3.63, 3.8) is 0 Å². The first-order valence-electron chi connectivity index (χ1n) is 5.53. The van der Waals surface area contributed by atoms with Crippen LogP contribution in [-0.2, 0) is 4.79 Å². The first-order valence-corrected chi connectivity index (χ1v) is 5.53. The molecule has 1 aliphatic carbocycles. The molecule has 0 bridgehead atoms. The lowest BCUT2D eigenvalue weighted by atomic mass is 10.1. The molecule has 0 amide bonds. The maximum Gasteiger partial charge on any atom is 0.317 e. The lowest BCUT2D eigenvalue weighted by Crippen LogP contribution is -2.44. The maximum atomic E-state index is 10.7. The largest absolute Gasteiger partial charge is 0.480 e. The van der Waals surface area contributed by atoms with Crippen LogP contribution in [0.2, 0.25) is 0 Å². The first kappa shape index (κ1) is 11.5. The summed E-state index contributed by atoms with van der Waals surface area (Å²) in [5.74, 6) is 0.0413. The third-order valence-electron chi connectivity index (χ3n) is 2.99. The smallest absolute Gasteiger partial charge is 0.317 e. The molecule has 1 unspecified atom stereocenters. The summed E-state index contributed by atoms with van der Waals surface area (Å²) in [4.78, 5) is 12.9. The van der Waals surface area contributed by atoms with Crippen LogP contribution in [0.15, 0.2) is 0 Å². The van der Waals surface area contributed by atoms with E-state index in [2.05, 4.69) is 25.7 Å². The predicted octanol–water partition coefficient (Wildman–Crippen LogP) is 1.97. The van der Waals surface area contributed by atoms with E-state index in [4.69, 9.17) is 5.11 Å². The van der Waals surface area contributed by atoms with Crippen molar-refractivity contribution in [1.82, 2.24) is 4.90 Å². The highest BCUT2D eigenvalue weighted by molar-refractivity contribution is 5.69. The lowest BCUT2D eigenvalue weighted by Gasteiger charge is -2.33. The van der Waals surface area contributed by atoms with Gasteiger partial charge in [-0.3, -0.25) is 9.69 Å². The van der Waals surface area contributed by atoms with Crippen LogP contribution in [0.1, 0.15) is 40.0 Å². The molecule has 1 aliphatic rings. The molecule has 0 aromatic carbocycles. The lowest BCUT2D eigenvalue weighted by molar-refractivity contribution is -0.139. The Morgan fingerprint density at radius 2 is 2.07 bits per heavy atom. The van der Waals surface area contributed by atoms with Crippen molar-refractivity contribution in [2.75, 3.05) is 6.54 Å². The van der Waals surface area contributed by atoms with Crippen molar-refractivity contribution in [2.24, 2.45) is 5.92 Å². The van der Waals surface area contributed by atoms with E-state index in [0.717, 1.165) is 12.3 Å². The average Bonchev–Trinajstić information content (AvgIpc) is 2.86. The minimum atomic E-state index is -0.710. The number of carbonyl (C=O) groups is 1. The summed E-state index contributed by atoms with van der Waals surface area (Å²) in [6.45, 7) is 6.49. The molecule has 3 nitrogen and oxygen atoms in total. The van der Waals surface area contributed by atoms with Gasteiger partial charge in [0.2, 0.25) is 0 Å². The Morgan fingerprint density at radius 1 is 1.50 bits per heavy atom. The zero-order valence-electron chi connectivity index (χ0n) is 9.36. The van der Waals surface area contributed by atoms with Crippen LogP contribution in [0.5, 0.6) is 0 Å². The topological polar surface area (TPSA) is 40.5 Å². The Bertz CT molecular complexity index is 199. The van der Waals surface area contributed by atoms with E-state index < -0.39 is 5.97 Å². The summed E-state index contributed by atoms with van der Waals surface area (Å²) in [5, 5.41) is 8.84. The van der Waals surface area contributed by atoms with Gasteiger partial charge >= 0.3 is 5.97 Å². The fourth-order valence-electron chi connectivity index (χ4n) is 2.16. The van der Waals surface area contributed by atoms with Crippen LogP contribution in [0, 0.1) is 5.92 Å². The molecule has 1 fully saturated rings. The SMILES string of the molecule is CCC(C1CC1)N(CC(=O)O)C(C)C. The molecule has 0 radical (unpaired) electrons. The van der Waals surface area contributed by atoms with Gasteiger partial charge in [0.1, 0.15) is 0 Å². The summed E-state index contributed by atoms with van der Waals surface area (Å²) < 4.78 is 0. The van der Waals surface area contributed by atoms with E-state index in [0.29, 0.717) is 12.1 Å². The normalized spacial score (nSPS) is 18.9. The van der Waals surface area contributed by atoms with Crippen molar-refractivity contribution in [3.05, 3.63) is 0 Å². The molecule has 1 rings (SSSR count). The van der Waals surface area contributed by atoms with E-state index in [1.807, 2.05) is 0 Å². The third kappa shape index (κ3) is 2.98. The molecule has 1 atom stereocenters. The minimum absolute atomic E-state index is 0.187. The van der Waals surface area contributed by atoms with Gasteiger partial charge in [0.05, 0.1) is 6.54 Å². The second-order valence-electron chi connectivity index (χ2n) is 4.47. The van der Waals surface area contributed by atoms with Gasteiger partial charge in [0.25, 0.3) is 0 Å². The van der Waals surface area contributed by atoms with Gasteiger partial charge in [0.15, 0.2) is 0 Å². The second kappa shape index (κ2) is 4.78. The monoisotopic (exact) mass is 199 g/mol. The van der Waals surface area contributed by atoms with Gasteiger partial charge in [-0.2, -0.15) is 0 Å². The van der Waals surface area contributed by atoms with Gasteiger partial charge in [-0.1, -0.05) is 6.92 Å². The Hall–Kier alpha value is -0.570. The molecule has 0 saturated heterocycles. The highest BCUT2D eigenvalue weighted by Crippen LogP contribution is 2.37. The van der Waals surface area contributed by atoms with Crippen LogP contribution in [-0.4, -0.2) is 34.6 Å². The summed E-state index contributed by atoms with van der Waals surface area (Å²) in [7, 11) is 0. The molecule has 0 aliphatic heterocycles. The number of aliphatic carboxylic acids is 1. The summed E-state index contributed by atoms with van der Waals surface area (Å²) >= 11 is 0. The molecule has 0 heterocycles. The molecule has 0 spiro atoms. The van der Waals surface area contributed by atoms with E-state index in [-0.39, 0.29) is 6.54 Å². The number of nitrogens with zero attached hydrogens (tertiary/aromatic N) is 1. The molecule has 82 valence electrons. The van der Waals surface area contributed by atoms with Crippen LogP contribution in [0.25, 0.3) is 0 Å². The number of rotatable bonds is 6. The fourth-order valence-corrected chi connectivity index (χ4v) is 2.16. The number of carboxylic acid groups (broad SMARTS) is 1. The van der Waals surface area contributed by atoms with Gasteiger partial charge in [-0.15, -0.1) is 0 Å². The van der Waals surface area contributed by atoms with E-state index in [1.54, 1.807) is 0 Å². The zero-order chi connectivity index (χ0) is 10.7. The van der Waals surface area contributed by atoms with Crippen molar-refractivity contribution in [3.8, 4) is 0 Å². The molecule has 3 heteroatoms. The average molecular weight is 199 g/mol. The second-order valence-corrected chi connectivity index (χ2v) is 4.47. The molecular weight excluding hydrogens is 178 g/mol. The van der Waals surface area contributed by atoms with E-state index >= 15 is 0 Å². The highest BCUT2D eigenvalue weighted by Gasteiger charge is 2.35.